The molecule has 4 nitrogen and oxygen atoms in total. The van der Waals surface area contributed by atoms with Gasteiger partial charge in [-0.15, -0.1) is 0 Å². The van der Waals surface area contributed by atoms with E-state index in [1.807, 2.05) is 7.05 Å². The Labute approximate surface area is 110 Å². The van der Waals surface area contributed by atoms with Crippen LogP contribution < -0.4 is 5.32 Å². The summed E-state index contributed by atoms with van der Waals surface area (Å²) in [5, 5.41) is 7.19. The van der Waals surface area contributed by atoms with Crippen LogP contribution in [-0.2, 0) is 4.94 Å². The van der Waals surface area contributed by atoms with Crippen LogP contribution >= 0.6 is 12.2 Å². The summed E-state index contributed by atoms with van der Waals surface area (Å²) in [4.78, 5) is 5.94. The highest BCUT2D eigenvalue weighted by Crippen LogP contribution is 2.38. The van der Waals surface area contributed by atoms with Gasteiger partial charge in [0.2, 0.25) is 0 Å². The molecule has 0 saturated carbocycles. The number of hydrogen-bond acceptors (Lipinski definition) is 3. The van der Waals surface area contributed by atoms with Gasteiger partial charge in [-0.25, -0.2) is 5.06 Å². The molecule has 5 heteroatoms. The fraction of sp³-hybridized carbons (Fsp3) is 0.917. The Morgan fingerprint density at radius 1 is 1.24 bits per heavy atom. The van der Waals surface area contributed by atoms with Crippen molar-refractivity contribution in [2.24, 2.45) is 0 Å². The molecule has 1 fully saturated rings. The standard InChI is InChI=1S/C12H25N3OS/c1-11(2)8-7-9-12(3,4)15(11)16-14(6)10(17)13-5/h7-9H2,1-6H3,(H,13,17). The summed E-state index contributed by atoms with van der Waals surface area (Å²) < 4.78 is 0. The Morgan fingerprint density at radius 3 is 2.12 bits per heavy atom. The van der Waals surface area contributed by atoms with Crippen LogP contribution in [0, 0.1) is 0 Å². The number of hydroxylamine groups is 4. The van der Waals surface area contributed by atoms with Crippen LogP contribution in [0.25, 0.3) is 0 Å². The zero-order valence-corrected chi connectivity index (χ0v) is 12.6. The Hall–Kier alpha value is -0.390. The van der Waals surface area contributed by atoms with Crippen LogP contribution in [0.3, 0.4) is 0 Å². The summed E-state index contributed by atoms with van der Waals surface area (Å²) in [6, 6.07) is 0. The zero-order chi connectivity index (χ0) is 13.3. The molecule has 0 aliphatic carbocycles. The molecule has 0 amide bonds. The first kappa shape index (κ1) is 14.7. The van der Waals surface area contributed by atoms with Gasteiger partial charge in [0.25, 0.3) is 0 Å². The normalized spacial score (nSPS) is 23.2. The number of nitrogens with zero attached hydrogens (tertiary/aromatic N) is 2. The molecule has 1 aliphatic rings. The van der Waals surface area contributed by atoms with Crippen molar-refractivity contribution in [1.82, 2.24) is 15.4 Å². The molecule has 0 spiro atoms. The van der Waals surface area contributed by atoms with Crippen LogP contribution in [0.4, 0.5) is 0 Å². The molecule has 0 unspecified atom stereocenters. The average molecular weight is 259 g/mol. The lowest BCUT2D eigenvalue weighted by Gasteiger charge is -2.51. The van der Waals surface area contributed by atoms with E-state index in [1.165, 1.54) is 6.42 Å². The molecule has 0 bridgehead atoms. The van der Waals surface area contributed by atoms with Gasteiger partial charge in [-0.3, -0.25) is 0 Å². The van der Waals surface area contributed by atoms with Crippen molar-refractivity contribution in [3.8, 4) is 0 Å². The largest absolute Gasteiger partial charge is 0.364 e. The second-order valence-electron chi connectivity index (χ2n) is 5.91. The second-order valence-corrected chi connectivity index (χ2v) is 6.29. The molecule has 1 heterocycles. The van der Waals surface area contributed by atoms with Gasteiger partial charge in [-0.2, -0.15) is 10.0 Å². The third-order valence-corrected chi connectivity index (χ3v) is 3.84. The minimum atomic E-state index is 0.0271. The summed E-state index contributed by atoms with van der Waals surface area (Å²) in [7, 11) is 3.63. The molecule has 1 rings (SSSR count). The van der Waals surface area contributed by atoms with Crippen LogP contribution in [0.15, 0.2) is 0 Å². The Balaban J connectivity index is 2.80. The van der Waals surface area contributed by atoms with Crippen molar-refractivity contribution in [2.75, 3.05) is 14.1 Å². The van der Waals surface area contributed by atoms with E-state index in [1.54, 1.807) is 12.1 Å². The zero-order valence-electron chi connectivity index (χ0n) is 11.8. The molecule has 17 heavy (non-hydrogen) atoms. The summed E-state index contributed by atoms with van der Waals surface area (Å²) in [6.45, 7) is 8.85. The van der Waals surface area contributed by atoms with Gasteiger partial charge >= 0.3 is 0 Å². The Morgan fingerprint density at radius 2 is 1.71 bits per heavy atom. The van der Waals surface area contributed by atoms with Crippen molar-refractivity contribution in [2.45, 2.75) is 58.0 Å². The van der Waals surface area contributed by atoms with Gasteiger partial charge in [-0.1, -0.05) is 0 Å². The third-order valence-electron chi connectivity index (χ3n) is 3.38. The third kappa shape index (κ3) is 3.30. The van der Waals surface area contributed by atoms with Crippen LogP contribution in [0.2, 0.25) is 0 Å². The first-order valence-corrected chi connectivity index (χ1v) is 6.55. The van der Waals surface area contributed by atoms with E-state index < -0.39 is 0 Å². The maximum atomic E-state index is 5.94. The number of thiocarbonyl (C=S) groups is 1. The van der Waals surface area contributed by atoms with Crippen molar-refractivity contribution in [3.05, 3.63) is 0 Å². The fourth-order valence-corrected chi connectivity index (χ4v) is 2.55. The highest BCUT2D eigenvalue weighted by molar-refractivity contribution is 7.80. The van der Waals surface area contributed by atoms with E-state index in [0.717, 1.165) is 12.8 Å². The van der Waals surface area contributed by atoms with Gasteiger partial charge < -0.3 is 5.32 Å². The highest BCUT2D eigenvalue weighted by Gasteiger charge is 2.43. The minimum absolute atomic E-state index is 0.0271. The quantitative estimate of drug-likeness (QED) is 0.607. The SMILES string of the molecule is CNC(=S)N(C)ON1C(C)(C)CCCC1(C)C. The first-order chi connectivity index (χ1) is 7.70. The minimum Gasteiger partial charge on any atom is -0.364 e. The van der Waals surface area contributed by atoms with Gasteiger partial charge in [0.1, 0.15) is 0 Å². The van der Waals surface area contributed by atoms with E-state index >= 15 is 0 Å². The Kier molecular flexibility index (Phi) is 4.38. The van der Waals surface area contributed by atoms with Crippen molar-refractivity contribution >= 4 is 17.3 Å². The van der Waals surface area contributed by atoms with Gasteiger partial charge in [0, 0.05) is 25.2 Å². The van der Waals surface area contributed by atoms with Crippen LogP contribution in [0.5, 0.6) is 0 Å². The molecule has 0 aromatic heterocycles. The van der Waals surface area contributed by atoms with Crippen LogP contribution in [0.1, 0.15) is 47.0 Å². The monoisotopic (exact) mass is 259 g/mol. The first-order valence-electron chi connectivity index (χ1n) is 6.14. The molecule has 0 radical (unpaired) electrons. The van der Waals surface area contributed by atoms with Crippen molar-refractivity contribution < 1.29 is 4.94 Å². The summed E-state index contributed by atoms with van der Waals surface area (Å²) in [5.41, 5.74) is 0.0543. The number of piperidine rings is 1. The molecule has 0 aromatic rings. The van der Waals surface area contributed by atoms with Gasteiger partial charge in [-0.05, 0) is 59.2 Å². The van der Waals surface area contributed by atoms with E-state index in [-0.39, 0.29) is 11.1 Å². The van der Waals surface area contributed by atoms with E-state index in [2.05, 4.69) is 38.1 Å². The number of hydrogen-bond donors (Lipinski definition) is 1. The topological polar surface area (TPSA) is 27.7 Å². The predicted octanol–water partition coefficient (Wildman–Crippen LogP) is 2.31. The van der Waals surface area contributed by atoms with Gasteiger partial charge in [0.15, 0.2) is 5.11 Å². The molecule has 0 atom stereocenters. The second kappa shape index (κ2) is 5.08. The molecule has 1 aliphatic heterocycles. The number of rotatable bonds is 2. The van der Waals surface area contributed by atoms with Gasteiger partial charge in [0.05, 0.1) is 0 Å². The Bertz CT molecular complexity index is 275. The summed E-state index contributed by atoms with van der Waals surface area (Å²) in [6.07, 6.45) is 3.51. The maximum absolute atomic E-state index is 5.94. The summed E-state index contributed by atoms with van der Waals surface area (Å²) in [5.74, 6) is 0. The lowest BCUT2D eigenvalue weighted by atomic mass is 9.82. The molecular formula is C12H25N3OS. The fourth-order valence-electron chi connectivity index (χ4n) is 2.51. The van der Waals surface area contributed by atoms with Crippen molar-refractivity contribution in [1.29, 1.82) is 0 Å². The van der Waals surface area contributed by atoms with Crippen molar-refractivity contribution in [3.63, 3.8) is 0 Å². The highest BCUT2D eigenvalue weighted by atomic mass is 32.1. The molecule has 100 valence electrons. The maximum Gasteiger partial charge on any atom is 0.194 e. The number of nitrogens with one attached hydrogen (secondary N) is 1. The van der Waals surface area contributed by atoms with Crippen LogP contribution in [-0.4, -0.2) is 40.4 Å². The lowest BCUT2D eigenvalue weighted by molar-refractivity contribution is -0.364. The summed E-state index contributed by atoms with van der Waals surface area (Å²) >= 11 is 5.16. The molecule has 1 saturated heterocycles. The van der Waals surface area contributed by atoms with E-state index in [0.29, 0.717) is 5.11 Å². The average Bonchev–Trinajstić information content (AvgIpc) is 2.21. The molecule has 1 N–H and O–H groups in total. The smallest absolute Gasteiger partial charge is 0.194 e. The van der Waals surface area contributed by atoms with E-state index in [9.17, 15) is 0 Å². The predicted molar refractivity (Wildman–Crippen MR) is 74.4 cm³/mol. The van der Waals surface area contributed by atoms with E-state index in [4.69, 9.17) is 17.2 Å². The molecule has 0 aromatic carbocycles. The lowest BCUT2D eigenvalue weighted by Crippen LogP contribution is -2.60. The molecular weight excluding hydrogens is 234 g/mol.